The Labute approximate surface area is 142 Å². The molecule has 25 heavy (non-hydrogen) atoms. The first kappa shape index (κ1) is 17.0. The normalized spacial score (nSPS) is 18.5. The molecule has 0 heterocycles. The van der Waals surface area contributed by atoms with Crippen molar-refractivity contribution in [3.8, 4) is 0 Å². The fraction of sp³-hybridized carbons (Fsp3) is 0.222. The molecule has 0 bridgehead atoms. The van der Waals surface area contributed by atoms with Gasteiger partial charge in [-0.1, -0.05) is 24.3 Å². The van der Waals surface area contributed by atoms with Crippen molar-refractivity contribution < 1.29 is 23.5 Å². The molecule has 2 amide bonds. The highest BCUT2D eigenvalue weighted by molar-refractivity contribution is 5.96. The lowest BCUT2D eigenvalue weighted by molar-refractivity contribution is -0.121. The van der Waals surface area contributed by atoms with Gasteiger partial charge in [0, 0.05) is 18.1 Å². The Kier molecular flexibility index (Phi) is 4.76. The summed E-state index contributed by atoms with van der Waals surface area (Å²) in [5, 5.41) is 15.1. The average Bonchev–Trinajstić information content (AvgIpc) is 2.87. The van der Waals surface area contributed by atoms with Gasteiger partial charge in [0.15, 0.2) is 0 Å². The van der Waals surface area contributed by atoms with Crippen molar-refractivity contribution in [2.75, 3.05) is 6.54 Å². The zero-order valence-electron chi connectivity index (χ0n) is 13.1. The van der Waals surface area contributed by atoms with Crippen LogP contribution in [0.25, 0.3) is 0 Å². The van der Waals surface area contributed by atoms with Crippen molar-refractivity contribution in [2.24, 2.45) is 0 Å². The number of carbonyl (C=O) groups is 2. The highest BCUT2D eigenvalue weighted by Crippen LogP contribution is 2.30. The van der Waals surface area contributed by atoms with Crippen molar-refractivity contribution in [3.63, 3.8) is 0 Å². The fourth-order valence-corrected chi connectivity index (χ4v) is 2.92. The van der Waals surface area contributed by atoms with Crippen molar-refractivity contribution in [1.29, 1.82) is 0 Å². The van der Waals surface area contributed by atoms with E-state index in [0.29, 0.717) is 12.5 Å². The molecule has 2 aromatic rings. The molecule has 0 spiro atoms. The summed E-state index contributed by atoms with van der Waals surface area (Å²) in [5.41, 5.74) is 1.58. The third kappa shape index (κ3) is 3.83. The Morgan fingerprint density at radius 3 is 2.52 bits per heavy atom. The lowest BCUT2D eigenvalue weighted by Crippen LogP contribution is -2.41. The molecule has 130 valence electrons. The molecule has 0 radical (unpaired) electrons. The van der Waals surface area contributed by atoms with Crippen LogP contribution in [0.1, 0.15) is 27.5 Å². The maximum atomic E-state index is 13.1. The van der Waals surface area contributed by atoms with Crippen LogP contribution < -0.4 is 10.6 Å². The summed E-state index contributed by atoms with van der Waals surface area (Å²) in [7, 11) is 0. The molecular formula is C18H16F2N2O3. The number of benzene rings is 2. The quantitative estimate of drug-likeness (QED) is 0.784. The predicted octanol–water partition coefficient (Wildman–Crippen LogP) is 1.47. The minimum atomic E-state index is -0.875. The number of aliphatic hydroxyl groups excluding tert-OH is 1. The van der Waals surface area contributed by atoms with E-state index in [9.17, 15) is 23.5 Å². The van der Waals surface area contributed by atoms with Crippen LogP contribution in [0.2, 0.25) is 0 Å². The second-order valence-corrected chi connectivity index (χ2v) is 5.86. The molecule has 2 aromatic carbocycles. The Morgan fingerprint density at radius 1 is 1.12 bits per heavy atom. The topological polar surface area (TPSA) is 78.4 Å². The van der Waals surface area contributed by atoms with Crippen molar-refractivity contribution in [1.82, 2.24) is 10.6 Å². The van der Waals surface area contributed by atoms with E-state index in [1.165, 1.54) is 0 Å². The van der Waals surface area contributed by atoms with Crippen LogP contribution in [-0.4, -0.2) is 29.6 Å². The molecule has 1 aliphatic carbocycles. The summed E-state index contributed by atoms with van der Waals surface area (Å²) >= 11 is 0. The smallest absolute Gasteiger partial charge is 0.251 e. The van der Waals surface area contributed by atoms with Crippen LogP contribution in [0.5, 0.6) is 0 Å². The third-order valence-electron chi connectivity index (χ3n) is 4.05. The molecule has 2 atom stereocenters. The number of nitrogens with one attached hydrogen (secondary N) is 2. The summed E-state index contributed by atoms with van der Waals surface area (Å²) in [6.45, 7) is -0.373. The van der Waals surface area contributed by atoms with E-state index >= 15 is 0 Å². The molecule has 1 aliphatic rings. The Morgan fingerprint density at radius 2 is 1.80 bits per heavy atom. The zero-order valence-corrected chi connectivity index (χ0v) is 13.1. The molecular weight excluding hydrogens is 330 g/mol. The number of aliphatic hydroxyl groups is 1. The number of hydrogen-bond donors (Lipinski definition) is 3. The summed E-state index contributed by atoms with van der Waals surface area (Å²) in [4.78, 5) is 23.9. The van der Waals surface area contributed by atoms with Crippen LogP contribution >= 0.6 is 0 Å². The van der Waals surface area contributed by atoms with Crippen LogP contribution in [0.4, 0.5) is 8.78 Å². The lowest BCUT2D eigenvalue weighted by atomic mass is 10.1. The Hall–Kier alpha value is -2.80. The number of halogens is 2. The summed E-state index contributed by atoms with van der Waals surface area (Å²) in [5.74, 6) is -3.02. The summed E-state index contributed by atoms with van der Waals surface area (Å²) < 4.78 is 26.2. The monoisotopic (exact) mass is 346 g/mol. The minimum Gasteiger partial charge on any atom is -0.390 e. The van der Waals surface area contributed by atoms with Crippen LogP contribution in [0.3, 0.4) is 0 Å². The molecule has 0 fully saturated rings. The highest BCUT2D eigenvalue weighted by Gasteiger charge is 2.31. The molecule has 0 saturated carbocycles. The minimum absolute atomic E-state index is 0.212. The molecule has 0 unspecified atom stereocenters. The predicted molar refractivity (Wildman–Crippen MR) is 85.7 cm³/mol. The van der Waals surface area contributed by atoms with E-state index < -0.39 is 35.6 Å². The van der Waals surface area contributed by atoms with Gasteiger partial charge in [0.25, 0.3) is 5.91 Å². The van der Waals surface area contributed by atoms with E-state index in [1.54, 1.807) is 0 Å². The number of amides is 2. The lowest BCUT2D eigenvalue weighted by Gasteiger charge is -2.18. The largest absolute Gasteiger partial charge is 0.390 e. The van der Waals surface area contributed by atoms with E-state index in [1.807, 2.05) is 24.3 Å². The number of carbonyl (C=O) groups excluding carboxylic acids is 2. The first-order valence-electron chi connectivity index (χ1n) is 7.73. The molecule has 0 aliphatic heterocycles. The standard InChI is InChI=1S/C18H16F2N2O3/c19-12-5-11(6-13(20)8-12)18(25)21-9-16(24)22-17-14-4-2-1-3-10(14)7-15(17)23/h1-6,8,15,17,23H,7,9H2,(H,21,25)(H,22,24)/t15-,17-/m1/s1. The SMILES string of the molecule is O=C(CNC(=O)c1cc(F)cc(F)c1)N[C@@H]1c2ccccc2C[C@H]1O. The molecule has 7 heteroatoms. The Balaban J connectivity index is 1.59. The number of fused-ring (bicyclic) bond motifs is 1. The first-order valence-corrected chi connectivity index (χ1v) is 7.73. The molecule has 3 N–H and O–H groups in total. The van der Waals surface area contributed by atoms with Crippen LogP contribution in [0.15, 0.2) is 42.5 Å². The molecule has 0 aromatic heterocycles. The first-order chi connectivity index (χ1) is 11.9. The number of hydrogen-bond acceptors (Lipinski definition) is 3. The highest BCUT2D eigenvalue weighted by atomic mass is 19.1. The van der Waals surface area contributed by atoms with Gasteiger partial charge in [0.05, 0.1) is 18.7 Å². The van der Waals surface area contributed by atoms with Crippen molar-refractivity contribution >= 4 is 11.8 Å². The van der Waals surface area contributed by atoms with Gasteiger partial charge in [-0.05, 0) is 23.3 Å². The van der Waals surface area contributed by atoms with Crippen LogP contribution in [0, 0.1) is 11.6 Å². The van der Waals surface area contributed by atoms with Gasteiger partial charge in [-0.3, -0.25) is 9.59 Å². The van der Waals surface area contributed by atoms with Gasteiger partial charge >= 0.3 is 0 Å². The summed E-state index contributed by atoms with van der Waals surface area (Å²) in [6.07, 6.45) is -0.301. The van der Waals surface area contributed by atoms with E-state index in [-0.39, 0.29) is 12.1 Å². The molecule has 5 nitrogen and oxygen atoms in total. The van der Waals surface area contributed by atoms with E-state index in [4.69, 9.17) is 0 Å². The third-order valence-corrected chi connectivity index (χ3v) is 4.05. The van der Waals surface area contributed by atoms with Gasteiger partial charge in [-0.2, -0.15) is 0 Å². The maximum Gasteiger partial charge on any atom is 0.251 e. The van der Waals surface area contributed by atoms with Crippen molar-refractivity contribution in [2.45, 2.75) is 18.6 Å². The van der Waals surface area contributed by atoms with Gasteiger partial charge < -0.3 is 15.7 Å². The van der Waals surface area contributed by atoms with Gasteiger partial charge in [0.1, 0.15) is 11.6 Å². The van der Waals surface area contributed by atoms with E-state index in [2.05, 4.69) is 10.6 Å². The Bertz CT molecular complexity index is 805. The van der Waals surface area contributed by atoms with Crippen molar-refractivity contribution in [3.05, 3.63) is 70.8 Å². The fourth-order valence-electron chi connectivity index (χ4n) is 2.92. The maximum absolute atomic E-state index is 13.1. The zero-order chi connectivity index (χ0) is 18.0. The second kappa shape index (κ2) is 6.98. The summed E-state index contributed by atoms with van der Waals surface area (Å²) in [6, 6.07) is 9.25. The van der Waals surface area contributed by atoms with Crippen LogP contribution in [-0.2, 0) is 11.2 Å². The van der Waals surface area contributed by atoms with Gasteiger partial charge in [-0.25, -0.2) is 8.78 Å². The molecule has 0 saturated heterocycles. The van der Waals surface area contributed by atoms with Gasteiger partial charge in [-0.15, -0.1) is 0 Å². The van der Waals surface area contributed by atoms with Gasteiger partial charge in [0.2, 0.25) is 5.91 Å². The second-order valence-electron chi connectivity index (χ2n) is 5.86. The number of rotatable bonds is 4. The average molecular weight is 346 g/mol. The van der Waals surface area contributed by atoms with E-state index in [0.717, 1.165) is 23.3 Å². The molecule has 3 rings (SSSR count).